The predicted octanol–water partition coefficient (Wildman–Crippen LogP) is 3.00. The molecule has 0 radical (unpaired) electrons. The number of hydrogen-bond donors (Lipinski definition) is 1. The van der Waals surface area contributed by atoms with E-state index in [9.17, 15) is 10.1 Å². The Hall–Kier alpha value is -2.35. The van der Waals surface area contributed by atoms with Crippen molar-refractivity contribution in [1.29, 1.82) is 5.26 Å². The van der Waals surface area contributed by atoms with E-state index in [1.807, 2.05) is 25.1 Å². The van der Waals surface area contributed by atoms with Gasteiger partial charge in [-0.2, -0.15) is 5.26 Å². The molecule has 0 bridgehead atoms. The molecule has 0 aromatic carbocycles. The van der Waals surface area contributed by atoms with Crippen LogP contribution in [0.1, 0.15) is 37.8 Å². The Kier molecular flexibility index (Phi) is 5.54. The van der Waals surface area contributed by atoms with Crippen molar-refractivity contribution in [2.75, 3.05) is 12.4 Å². The Bertz CT molecular complexity index is 597. The molecule has 1 aromatic rings. The monoisotopic (exact) mass is 298 g/mol. The maximum absolute atomic E-state index is 12.4. The highest BCUT2D eigenvalue weighted by atomic mass is 16.2. The molecule has 0 atom stereocenters. The zero-order valence-corrected chi connectivity index (χ0v) is 13.2. The van der Waals surface area contributed by atoms with Gasteiger partial charge in [0.25, 0.3) is 5.91 Å². The van der Waals surface area contributed by atoms with Gasteiger partial charge in [-0.1, -0.05) is 25.3 Å². The van der Waals surface area contributed by atoms with E-state index in [2.05, 4.69) is 10.3 Å². The molecule has 1 N–H and O–H groups in total. The first-order valence-electron chi connectivity index (χ1n) is 7.69. The molecule has 1 amide bonds. The number of hydrogen-bond acceptors (Lipinski definition) is 4. The van der Waals surface area contributed by atoms with E-state index in [1.165, 1.54) is 12.6 Å². The second-order valence-electron chi connectivity index (χ2n) is 5.69. The maximum atomic E-state index is 12.4. The van der Waals surface area contributed by atoms with Crippen LogP contribution < -0.4 is 5.32 Å². The van der Waals surface area contributed by atoms with E-state index >= 15 is 0 Å². The lowest BCUT2D eigenvalue weighted by Gasteiger charge is -2.31. The van der Waals surface area contributed by atoms with Crippen molar-refractivity contribution >= 4 is 11.7 Å². The maximum Gasteiger partial charge on any atom is 0.266 e. The smallest absolute Gasteiger partial charge is 0.266 e. The third-order valence-corrected chi connectivity index (χ3v) is 4.05. The van der Waals surface area contributed by atoms with Crippen molar-refractivity contribution in [3.05, 3.63) is 35.7 Å². The molecule has 1 aromatic heterocycles. The van der Waals surface area contributed by atoms with E-state index in [-0.39, 0.29) is 17.5 Å². The SMILES string of the molecule is Cc1cccc(N/C=C(/C#N)C(=O)N(C)C2CCCCC2)n1. The highest BCUT2D eigenvalue weighted by Crippen LogP contribution is 2.22. The predicted molar refractivity (Wildman–Crippen MR) is 85.9 cm³/mol. The van der Waals surface area contributed by atoms with Crippen LogP contribution >= 0.6 is 0 Å². The van der Waals surface area contributed by atoms with Gasteiger partial charge in [-0.15, -0.1) is 0 Å². The summed E-state index contributed by atoms with van der Waals surface area (Å²) in [7, 11) is 1.79. The second kappa shape index (κ2) is 7.60. The van der Waals surface area contributed by atoms with Crippen LogP contribution in [0.25, 0.3) is 0 Å². The van der Waals surface area contributed by atoms with E-state index in [4.69, 9.17) is 0 Å². The Morgan fingerprint density at radius 3 is 2.77 bits per heavy atom. The average Bonchev–Trinajstić information content (AvgIpc) is 2.55. The molecular formula is C17H22N4O. The number of carbonyl (C=O) groups excluding carboxylic acids is 1. The minimum Gasteiger partial charge on any atom is -0.345 e. The van der Waals surface area contributed by atoms with Gasteiger partial charge < -0.3 is 10.2 Å². The van der Waals surface area contributed by atoms with Crippen molar-refractivity contribution < 1.29 is 4.79 Å². The van der Waals surface area contributed by atoms with Gasteiger partial charge in [0.1, 0.15) is 17.5 Å². The topological polar surface area (TPSA) is 69.0 Å². The Morgan fingerprint density at radius 2 is 2.14 bits per heavy atom. The van der Waals surface area contributed by atoms with Crippen LogP contribution in [0, 0.1) is 18.3 Å². The van der Waals surface area contributed by atoms with Crippen molar-refractivity contribution in [1.82, 2.24) is 9.88 Å². The molecule has 0 saturated heterocycles. The van der Waals surface area contributed by atoms with Crippen molar-refractivity contribution in [3.63, 3.8) is 0 Å². The van der Waals surface area contributed by atoms with Gasteiger partial charge in [-0.3, -0.25) is 4.79 Å². The number of amides is 1. The van der Waals surface area contributed by atoms with Crippen molar-refractivity contribution in [3.8, 4) is 6.07 Å². The summed E-state index contributed by atoms with van der Waals surface area (Å²) < 4.78 is 0. The fourth-order valence-corrected chi connectivity index (χ4v) is 2.74. The summed E-state index contributed by atoms with van der Waals surface area (Å²) >= 11 is 0. The fourth-order valence-electron chi connectivity index (χ4n) is 2.74. The summed E-state index contributed by atoms with van der Waals surface area (Å²) in [5.74, 6) is 0.399. The van der Waals surface area contributed by atoms with Crippen LogP contribution in [0.2, 0.25) is 0 Å². The van der Waals surface area contributed by atoms with Crippen LogP contribution in [-0.4, -0.2) is 28.9 Å². The van der Waals surface area contributed by atoms with Gasteiger partial charge in [-0.25, -0.2) is 4.98 Å². The largest absolute Gasteiger partial charge is 0.345 e. The Labute approximate surface area is 131 Å². The lowest BCUT2D eigenvalue weighted by atomic mass is 9.94. The van der Waals surface area contributed by atoms with Crippen LogP contribution in [0.15, 0.2) is 30.0 Å². The summed E-state index contributed by atoms with van der Waals surface area (Å²) in [4.78, 5) is 18.4. The van der Waals surface area contributed by atoms with Crippen molar-refractivity contribution in [2.24, 2.45) is 0 Å². The van der Waals surface area contributed by atoms with Gasteiger partial charge in [0.15, 0.2) is 0 Å². The summed E-state index contributed by atoms with van der Waals surface area (Å²) in [5, 5.41) is 12.2. The molecule has 5 nitrogen and oxygen atoms in total. The number of nitriles is 1. The molecule has 2 rings (SSSR count). The van der Waals surface area contributed by atoms with Gasteiger partial charge in [0.2, 0.25) is 0 Å². The van der Waals surface area contributed by atoms with E-state index in [1.54, 1.807) is 18.0 Å². The van der Waals surface area contributed by atoms with Crippen LogP contribution in [-0.2, 0) is 4.79 Å². The van der Waals surface area contributed by atoms with Crippen LogP contribution in [0.4, 0.5) is 5.82 Å². The number of nitrogens with one attached hydrogen (secondary N) is 1. The highest BCUT2D eigenvalue weighted by molar-refractivity contribution is 5.97. The number of aromatic nitrogens is 1. The zero-order valence-electron chi connectivity index (χ0n) is 13.2. The summed E-state index contributed by atoms with van der Waals surface area (Å²) in [6.45, 7) is 1.89. The van der Waals surface area contributed by atoms with Gasteiger partial charge in [-0.05, 0) is 31.9 Å². The molecule has 0 unspecified atom stereocenters. The number of carbonyl (C=O) groups is 1. The van der Waals surface area contributed by atoms with E-state index < -0.39 is 0 Å². The molecular weight excluding hydrogens is 276 g/mol. The third kappa shape index (κ3) is 4.08. The number of rotatable bonds is 4. The minimum absolute atomic E-state index is 0.108. The molecule has 5 heteroatoms. The molecule has 116 valence electrons. The summed E-state index contributed by atoms with van der Waals surface area (Å²) in [6.07, 6.45) is 7.03. The third-order valence-electron chi connectivity index (χ3n) is 4.05. The lowest BCUT2D eigenvalue weighted by Crippen LogP contribution is -2.39. The summed E-state index contributed by atoms with van der Waals surface area (Å²) in [6, 6.07) is 7.80. The van der Waals surface area contributed by atoms with Gasteiger partial charge in [0.05, 0.1) is 0 Å². The Balaban J connectivity index is 2.04. The summed E-state index contributed by atoms with van der Waals surface area (Å²) in [5.41, 5.74) is 0.985. The fraction of sp³-hybridized carbons (Fsp3) is 0.471. The highest BCUT2D eigenvalue weighted by Gasteiger charge is 2.24. The van der Waals surface area contributed by atoms with Gasteiger partial charge in [0, 0.05) is 25.0 Å². The number of likely N-dealkylation sites (N-methyl/N-ethyl adjacent to an activating group) is 1. The average molecular weight is 298 g/mol. The number of anilines is 1. The number of pyridine rings is 1. The van der Waals surface area contributed by atoms with Crippen LogP contribution in [0.3, 0.4) is 0 Å². The standard InChI is InChI=1S/C17H22N4O/c1-13-7-6-10-16(20-13)19-12-14(11-18)17(22)21(2)15-8-4-3-5-9-15/h6-7,10,12,15H,3-5,8-9H2,1-2H3,(H,19,20)/b14-12-. The molecule has 22 heavy (non-hydrogen) atoms. The second-order valence-corrected chi connectivity index (χ2v) is 5.69. The number of nitrogens with zero attached hydrogens (tertiary/aromatic N) is 3. The number of aryl methyl sites for hydroxylation is 1. The first-order valence-corrected chi connectivity index (χ1v) is 7.69. The molecule has 0 aliphatic heterocycles. The molecule has 1 saturated carbocycles. The Morgan fingerprint density at radius 1 is 1.41 bits per heavy atom. The minimum atomic E-state index is -0.227. The molecule has 1 aliphatic carbocycles. The lowest BCUT2D eigenvalue weighted by molar-refractivity contribution is -0.128. The zero-order chi connectivity index (χ0) is 15.9. The first-order chi connectivity index (χ1) is 10.6. The molecule has 1 aliphatic rings. The quantitative estimate of drug-likeness (QED) is 0.685. The van der Waals surface area contributed by atoms with Crippen LogP contribution in [0.5, 0.6) is 0 Å². The van der Waals surface area contributed by atoms with E-state index in [0.29, 0.717) is 5.82 Å². The normalized spacial score (nSPS) is 16.0. The molecule has 0 spiro atoms. The van der Waals surface area contributed by atoms with Crippen molar-refractivity contribution in [2.45, 2.75) is 45.1 Å². The molecule has 1 fully saturated rings. The van der Waals surface area contributed by atoms with Gasteiger partial charge >= 0.3 is 0 Å². The van der Waals surface area contributed by atoms with E-state index in [0.717, 1.165) is 31.4 Å². The molecule has 1 heterocycles. The first kappa shape index (κ1) is 16.0.